The maximum Gasteiger partial charge on any atom is 0.483 e. The molecule has 0 aromatic carbocycles. The predicted octanol–water partition coefficient (Wildman–Crippen LogP) is 0.478. The molecular weight excluding hydrogens is 260 g/mol. The van der Waals surface area contributed by atoms with Gasteiger partial charge in [-0.15, -0.1) is 6.58 Å². The van der Waals surface area contributed by atoms with Gasteiger partial charge in [-0.1, -0.05) is 6.08 Å². The van der Waals surface area contributed by atoms with Crippen LogP contribution in [-0.4, -0.2) is 61.7 Å². The monoisotopic (exact) mass is 286 g/mol. The summed E-state index contributed by atoms with van der Waals surface area (Å²) in [7, 11) is 6.10. The Bertz CT molecular complexity index is 108. The van der Waals surface area contributed by atoms with Crippen molar-refractivity contribution in [1.82, 2.24) is 0 Å². The zero-order valence-corrected chi connectivity index (χ0v) is 14.2. The van der Waals surface area contributed by atoms with Gasteiger partial charge in [0.05, 0.1) is 0 Å². The lowest BCUT2D eigenvalue weighted by Crippen LogP contribution is -2.21. The lowest BCUT2D eigenvalue weighted by molar-refractivity contribution is 0.163. The average Bonchev–Trinajstić information content (AvgIpc) is 2.35. The van der Waals surface area contributed by atoms with E-state index in [2.05, 4.69) is 6.58 Å². The highest BCUT2D eigenvalue weighted by Crippen LogP contribution is 1.81. The molecule has 6 nitrogen and oxygen atoms in total. The Labute approximate surface area is 108 Å². The fourth-order valence-corrected chi connectivity index (χ4v) is 1.73. The fraction of sp³-hybridized carbons (Fsp3) is 0.778. The van der Waals surface area contributed by atoms with Crippen LogP contribution in [0.5, 0.6) is 0 Å². The van der Waals surface area contributed by atoms with Gasteiger partial charge < -0.3 is 26.6 Å². The quantitative estimate of drug-likeness (QED) is 0.523. The van der Waals surface area contributed by atoms with E-state index in [1.165, 1.54) is 0 Å². The Kier molecular flexibility index (Phi) is 27.7. The highest BCUT2D eigenvalue weighted by Gasteiger charge is 2.05. The first-order valence-corrected chi connectivity index (χ1v) is 7.68. The Balaban J connectivity index is -0.000000188. The van der Waals surface area contributed by atoms with Crippen LogP contribution in [0.1, 0.15) is 6.92 Å². The molecule has 8 heteroatoms. The largest absolute Gasteiger partial charge is 0.483 e. The van der Waals surface area contributed by atoms with Gasteiger partial charge in [0, 0.05) is 42.7 Å². The van der Waals surface area contributed by atoms with Crippen molar-refractivity contribution in [3.05, 3.63) is 12.7 Å². The molecule has 0 spiro atoms. The molecule has 0 bridgehead atoms. The van der Waals surface area contributed by atoms with E-state index < -0.39 is 19.1 Å². The van der Waals surface area contributed by atoms with Gasteiger partial charge in [-0.25, -0.2) is 0 Å². The highest BCUT2D eigenvalue weighted by atomic mass is 28.3. The van der Waals surface area contributed by atoms with Crippen molar-refractivity contribution >= 4 is 19.1 Å². The summed E-state index contributed by atoms with van der Waals surface area (Å²) in [6.07, 6.45) is 1.75. The van der Waals surface area contributed by atoms with Gasteiger partial charge in [-0.05, 0) is 6.92 Å². The summed E-state index contributed by atoms with van der Waals surface area (Å²) in [4.78, 5) is 0. The zero-order valence-electron chi connectivity index (χ0n) is 11.9. The first-order chi connectivity index (χ1) is 8.11. The average molecular weight is 286 g/mol. The van der Waals surface area contributed by atoms with E-state index in [-0.39, 0.29) is 0 Å². The lowest BCUT2D eigenvalue weighted by Gasteiger charge is -2.05. The van der Waals surface area contributed by atoms with Crippen LogP contribution in [0.15, 0.2) is 12.7 Å². The standard InChI is InChI=1S/2C3H10O3Si.C3H6/c2*1-4-7(5-2)6-3;1-3-2/h2*7H,1-3H3;3H,1H2,2H3. The molecule has 0 aliphatic carbocycles. The third kappa shape index (κ3) is 21.7. The highest BCUT2D eigenvalue weighted by molar-refractivity contribution is 6.36. The van der Waals surface area contributed by atoms with Crippen molar-refractivity contribution in [2.24, 2.45) is 0 Å². The summed E-state index contributed by atoms with van der Waals surface area (Å²) in [6.45, 7) is 5.25. The normalized spacial score (nSPS) is 9.24. The predicted molar refractivity (Wildman–Crippen MR) is 72.2 cm³/mol. The van der Waals surface area contributed by atoms with Gasteiger partial charge in [0.2, 0.25) is 0 Å². The van der Waals surface area contributed by atoms with Crippen molar-refractivity contribution in [2.45, 2.75) is 6.92 Å². The van der Waals surface area contributed by atoms with Gasteiger partial charge in [-0.3, -0.25) is 0 Å². The van der Waals surface area contributed by atoms with E-state index in [0.29, 0.717) is 0 Å². The molecule has 0 heterocycles. The summed E-state index contributed by atoms with van der Waals surface area (Å²) < 4.78 is 28.5. The van der Waals surface area contributed by atoms with E-state index in [9.17, 15) is 0 Å². The van der Waals surface area contributed by atoms with Crippen LogP contribution in [0.2, 0.25) is 0 Å². The molecule has 0 aromatic rings. The molecule has 0 aliphatic rings. The molecule has 0 aliphatic heterocycles. The van der Waals surface area contributed by atoms with Crippen LogP contribution in [0.25, 0.3) is 0 Å². The van der Waals surface area contributed by atoms with E-state index in [1.54, 1.807) is 48.7 Å². The van der Waals surface area contributed by atoms with Crippen LogP contribution in [0, 0.1) is 0 Å². The fourth-order valence-electron chi connectivity index (χ4n) is 0.577. The number of rotatable bonds is 6. The van der Waals surface area contributed by atoms with Gasteiger partial charge in [0.1, 0.15) is 0 Å². The van der Waals surface area contributed by atoms with Crippen LogP contribution in [0.4, 0.5) is 0 Å². The van der Waals surface area contributed by atoms with E-state index in [4.69, 9.17) is 26.6 Å². The third-order valence-corrected chi connectivity index (χ3v) is 3.46. The Hall–Kier alpha value is -0.0662. The van der Waals surface area contributed by atoms with Crippen LogP contribution in [0.3, 0.4) is 0 Å². The van der Waals surface area contributed by atoms with Crippen molar-refractivity contribution in [2.75, 3.05) is 42.7 Å². The molecule has 106 valence electrons. The Morgan fingerprint density at radius 3 is 0.765 bits per heavy atom. The molecule has 0 aromatic heterocycles. The number of hydrogen-bond acceptors (Lipinski definition) is 6. The van der Waals surface area contributed by atoms with Crippen LogP contribution < -0.4 is 0 Å². The molecule has 0 amide bonds. The maximum atomic E-state index is 4.74. The number of allylic oxidation sites excluding steroid dienone is 1. The second-order valence-corrected chi connectivity index (χ2v) is 6.38. The molecular formula is C9H26O6Si2. The minimum Gasteiger partial charge on any atom is -0.379 e. The van der Waals surface area contributed by atoms with Crippen molar-refractivity contribution < 1.29 is 26.6 Å². The summed E-state index contributed by atoms with van der Waals surface area (Å²) in [5.41, 5.74) is 0. The van der Waals surface area contributed by atoms with E-state index in [1.807, 2.05) is 6.92 Å². The van der Waals surface area contributed by atoms with Crippen molar-refractivity contribution in [1.29, 1.82) is 0 Å². The molecule has 0 fully saturated rings. The Morgan fingerprint density at radius 2 is 0.765 bits per heavy atom. The molecule has 0 saturated heterocycles. The summed E-state index contributed by atoms with van der Waals surface area (Å²) in [6, 6.07) is 0. The molecule has 0 N–H and O–H groups in total. The van der Waals surface area contributed by atoms with Gasteiger partial charge in [0.15, 0.2) is 0 Å². The molecule has 0 rings (SSSR count). The van der Waals surface area contributed by atoms with Gasteiger partial charge >= 0.3 is 19.1 Å². The van der Waals surface area contributed by atoms with Gasteiger partial charge in [-0.2, -0.15) is 0 Å². The minimum absolute atomic E-state index is 1.57. The topological polar surface area (TPSA) is 55.4 Å². The first kappa shape index (κ1) is 22.1. The third-order valence-electron chi connectivity index (χ3n) is 1.15. The SMILES string of the molecule is C=CC.CO[SiH](OC)OC.CO[SiH](OC)OC. The molecule has 17 heavy (non-hydrogen) atoms. The van der Waals surface area contributed by atoms with Crippen molar-refractivity contribution in [3.8, 4) is 0 Å². The first-order valence-electron chi connectivity index (χ1n) is 4.85. The molecule has 0 atom stereocenters. The molecule has 0 saturated carbocycles. The second-order valence-electron chi connectivity index (χ2n) is 2.40. The lowest BCUT2D eigenvalue weighted by atomic mass is 10.8. The van der Waals surface area contributed by atoms with Crippen LogP contribution in [-0.2, 0) is 26.6 Å². The zero-order chi connectivity index (χ0) is 14.1. The minimum atomic E-state index is -1.67. The second kappa shape index (κ2) is 21.2. The Morgan fingerprint density at radius 1 is 0.647 bits per heavy atom. The van der Waals surface area contributed by atoms with E-state index >= 15 is 0 Å². The van der Waals surface area contributed by atoms with E-state index in [0.717, 1.165) is 0 Å². The molecule has 0 radical (unpaired) electrons. The molecule has 0 unspecified atom stereocenters. The summed E-state index contributed by atoms with van der Waals surface area (Å²) in [5.74, 6) is 0. The summed E-state index contributed by atoms with van der Waals surface area (Å²) >= 11 is 0. The maximum absolute atomic E-state index is 4.74. The van der Waals surface area contributed by atoms with Crippen molar-refractivity contribution in [3.63, 3.8) is 0 Å². The smallest absolute Gasteiger partial charge is 0.379 e. The number of hydrogen-bond donors (Lipinski definition) is 0. The van der Waals surface area contributed by atoms with Crippen LogP contribution >= 0.6 is 0 Å². The summed E-state index contributed by atoms with van der Waals surface area (Å²) in [5, 5.41) is 0. The van der Waals surface area contributed by atoms with Gasteiger partial charge in [0.25, 0.3) is 0 Å².